The lowest BCUT2D eigenvalue weighted by molar-refractivity contribution is -0.136. The number of anilines is 1. The summed E-state index contributed by atoms with van der Waals surface area (Å²) in [5, 5.41) is 9.50. The van der Waals surface area contributed by atoms with Gasteiger partial charge in [0.05, 0.1) is 19.3 Å². The molecule has 6 nitrogen and oxygen atoms in total. The number of nitrogens with one attached hydrogen (secondary N) is 2. The SMILES string of the molecule is Cc1ccc(NC(=O)C(=O)NCC(c2ccsc2)N2CCOCC2)cc1. The fourth-order valence-corrected chi connectivity index (χ4v) is 3.61. The highest BCUT2D eigenvalue weighted by atomic mass is 32.1. The van der Waals surface area contributed by atoms with Crippen molar-refractivity contribution in [2.75, 3.05) is 38.2 Å². The lowest BCUT2D eigenvalue weighted by atomic mass is 10.1. The molecule has 1 saturated heterocycles. The summed E-state index contributed by atoms with van der Waals surface area (Å²) < 4.78 is 5.42. The van der Waals surface area contributed by atoms with E-state index in [1.54, 1.807) is 23.5 Å². The maximum Gasteiger partial charge on any atom is 0.313 e. The van der Waals surface area contributed by atoms with Crippen LogP contribution in [0.15, 0.2) is 41.1 Å². The summed E-state index contributed by atoms with van der Waals surface area (Å²) >= 11 is 1.63. The van der Waals surface area contributed by atoms with E-state index < -0.39 is 11.8 Å². The Morgan fingerprint density at radius 2 is 1.88 bits per heavy atom. The van der Waals surface area contributed by atoms with E-state index in [0.29, 0.717) is 25.4 Å². The normalized spacial score (nSPS) is 16.0. The second kappa shape index (κ2) is 8.93. The molecule has 1 atom stereocenters. The number of rotatable bonds is 5. The number of hydrogen-bond donors (Lipinski definition) is 2. The predicted octanol–water partition coefficient (Wildman–Crippen LogP) is 2.18. The summed E-state index contributed by atoms with van der Waals surface area (Å²) in [6.45, 7) is 5.34. The Morgan fingerprint density at radius 3 is 2.54 bits per heavy atom. The van der Waals surface area contributed by atoms with Gasteiger partial charge in [0, 0.05) is 25.3 Å². The van der Waals surface area contributed by atoms with Gasteiger partial charge in [0.25, 0.3) is 0 Å². The number of morpholine rings is 1. The molecule has 3 rings (SSSR count). The minimum atomic E-state index is -0.653. The van der Waals surface area contributed by atoms with E-state index in [4.69, 9.17) is 4.74 Å². The number of thiophene rings is 1. The van der Waals surface area contributed by atoms with Crippen LogP contribution in [0, 0.1) is 6.92 Å². The van der Waals surface area contributed by atoms with Crippen molar-refractivity contribution in [1.82, 2.24) is 10.2 Å². The number of carbonyl (C=O) groups is 2. The third-order valence-corrected chi connectivity index (χ3v) is 5.09. The monoisotopic (exact) mass is 373 g/mol. The van der Waals surface area contributed by atoms with Crippen LogP contribution in [0.4, 0.5) is 5.69 Å². The molecule has 2 N–H and O–H groups in total. The maximum absolute atomic E-state index is 12.2. The smallest absolute Gasteiger partial charge is 0.313 e. The van der Waals surface area contributed by atoms with Crippen molar-refractivity contribution in [2.24, 2.45) is 0 Å². The van der Waals surface area contributed by atoms with Gasteiger partial charge in [0.2, 0.25) is 0 Å². The van der Waals surface area contributed by atoms with Crippen LogP contribution in [0.5, 0.6) is 0 Å². The fraction of sp³-hybridized carbons (Fsp3) is 0.368. The Morgan fingerprint density at radius 1 is 1.15 bits per heavy atom. The maximum atomic E-state index is 12.2. The average molecular weight is 373 g/mol. The third-order valence-electron chi connectivity index (χ3n) is 4.39. The van der Waals surface area contributed by atoms with Crippen molar-refractivity contribution in [1.29, 1.82) is 0 Å². The van der Waals surface area contributed by atoms with E-state index in [1.807, 2.05) is 24.4 Å². The highest BCUT2D eigenvalue weighted by Gasteiger charge is 2.24. The first-order chi connectivity index (χ1) is 12.6. The highest BCUT2D eigenvalue weighted by molar-refractivity contribution is 7.08. The fourth-order valence-electron chi connectivity index (χ4n) is 2.91. The van der Waals surface area contributed by atoms with Gasteiger partial charge in [0.1, 0.15) is 0 Å². The Bertz CT molecular complexity index is 725. The lowest BCUT2D eigenvalue weighted by Gasteiger charge is -2.34. The van der Waals surface area contributed by atoms with Crippen LogP contribution in [0.2, 0.25) is 0 Å². The van der Waals surface area contributed by atoms with Gasteiger partial charge in [0.15, 0.2) is 0 Å². The van der Waals surface area contributed by atoms with Gasteiger partial charge in [-0.2, -0.15) is 11.3 Å². The quantitative estimate of drug-likeness (QED) is 0.788. The molecule has 2 heterocycles. The van der Waals surface area contributed by atoms with Crippen molar-refractivity contribution < 1.29 is 14.3 Å². The minimum absolute atomic E-state index is 0.0428. The third kappa shape index (κ3) is 4.91. The average Bonchev–Trinajstić information content (AvgIpc) is 3.19. The first-order valence-corrected chi connectivity index (χ1v) is 9.57. The Kier molecular flexibility index (Phi) is 6.38. The van der Waals surface area contributed by atoms with E-state index in [2.05, 4.69) is 27.0 Å². The standard InChI is InChI=1S/C19H23N3O3S/c1-14-2-4-16(5-3-14)21-19(24)18(23)20-12-17(15-6-11-26-13-15)22-7-9-25-10-8-22/h2-6,11,13,17H,7-10,12H2,1H3,(H,20,23)(H,21,24). The number of nitrogens with zero attached hydrogens (tertiary/aromatic N) is 1. The summed E-state index contributed by atoms with van der Waals surface area (Å²) in [5.41, 5.74) is 2.85. The van der Waals surface area contributed by atoms with Crippen molar-refractivity contribution >= 4 is 28.8 Å². The molecular weight excluding hydrogens is 350 g/mol. The van der Waals surface area contributed by atoms with Crippen LogP contribution in [0.3, 0.4) is 0 Å². The molecule has 1 aromatic carbocycles. The molecule has 0 bridgehead atoms. The van der Waals surface area contributed by atoms with Gasteiger partial charge >= 0.3 is 11.8 Å². The molecule has 1 aliphatic heterocycles. The second-order valence-electron chi connectivity index (χ2n) is 6.25. The van der Waals surface area contributed by atoms with Gasteiger partial charge in [-0.1, -0.05) is 17.7 Å². The van der Waals surface area contributed by atoms with Crippen molar-refractivity contribution in [2.45, 2.75) is 13.0 Å². The van der Waals surface area contributed by atoms with Crippen LogP contribution in [0.25, 0.3) is 0 Å². The molecule has 2 amide bonds. The summed E-state index contributed by atoms with van der Waals surface area (Å²) in [7, 11) is 0. The molecule has 0 aliphatic carbocycles. The Balaban J connectivity index is 1.58. The zero-order chi connectivity index (χ0) is 18.4. The lowest BCUT2D eigenvalue weighted by Crippen LogP contribution is -2.45. The molecule has 26 heavy (non-hydrogen) atoms. The van der Waals surface area contributed by atoms with Gasteiger partial charge in [-0.3, -0.25) is 14.5 Å². The van der Waals surface area contributed by atoms with Gasteiger partial charge in [-0.15, -0.1) is 0 Å². The van der Waals surface area contributed by atoms with Gasteiger partial charge < -0.3 is 15.4 Å². The predicted molar refractivity (Wildman–Crippen MR) is 102 cm³/mol. The van der Waals surface area contributed by atoms with Crippen LogP contribution < -0.4 is 10.6 Å². The summed E-state index contributed by atoms with van der Waals surface area (Å²) in [4.78, 5) is 26.6. The zero-order valence-electron chi connectivity index (χ0n) is 14.7. The molecule has 7 heteroatoms. The van der Waals surface area contributed by atoms with E-state index in [1.165, 1.54) is 0 Å². The van der Waals surface area contributed by atoms with E-state index in [0.717, 1.165) is 24.2 Å². The molecule has 0 saturated carbocycles. The van der Waals surface area contributed by atoms with Gasteiger partial charge in [-0.25, -0.2) is 0 Å². The summed E-state index contributed by atoms with van der Waals surface area (Å²) in [6, 6.07) is 9.44. The number of hydrogen-bond acceptors (Lipinski definition) is 5. The summed E-state index contributed by atoms with van der Waals surface area (Å²) in [5.74, 6) is -1.28. The van der Waals surface area contributed by atoms with E-state index in [-0.39, 0.29) is 6.04 Å². The largest absolute Gasteiger partial charge is 0.379 e. The zero-order valence-corrected chi connectivity index (χ0v) is 15.6. The minimum Gasteiger partial charge on any atom is -0.379 e. The molecule has 1 aromatic heterocycles. The van der Waals surface area contributed by atoms with Crippen LogP contribution in [-0.4, -0.2) is 49.6 Å². The number of amides is 2. The molecule has 2 aromatic rings. The van der Waals surface area contributed by atoms with Crippen LogP contribution >= 0.6 is 11.3 Å². The van der Waals surface area contributed by atoms with Crippen molar-refractivity contribution in [3.63, 3.8) is 0 Å². The number of ether oxygens (including phenoxy) is 1. The molecule has 1 fully saturated rings. The molecule has 1 unspecified atom stereocenters. The number of carbonyl (C=O) groups excluding carboxylic acids is 2. The Hall–Kier alpha value is -2.22. The Labute approximate surface area is 157 Å². The van der Waals surface area contributed by atoms with Crippen molar-refractivity contribution in [3.05, 3.63) is 52.2 Å². The molecular formula is C19H23N3O3S. The summed E-state index contributed by atoms with van der Waals surface area (Å²) in [6.07, 6.45) is 0. The topological polar surface area (TPSA) is 70.7 Å². The second-order valence-corrected chi connectivity index (χ2v) is 7.03. The van der Waals surface area contributed by atoms with Crippen molar-refractivity contribution in [3.8, 4) is 0 Å². The van der Waals surface area contributed by atoms with Crippen LogP contribution in [0.1, 0.15) is 17.2 Å². The highest BCUT2D eigenvalue weighted by Crippen LogP contribution is 2.23. The number of benzene rings is 1. The molecule has 0 radical (unpaired) electrons. The molecule has 0 spiro atoms. The van der Waals surface area contributed by atoms with Crippen LogP contribution in [-0.2, 0) is 14.3 Å². The first-order valence-electron chi connectivity index (χ1n) is 8.63. The van der Waals surface area contributed by atoms with E-state index >= 15 is 0 Å². The van der Waals surface area contributed by atoms with E-state index in [9.17, 15) is 9.59 Å². The molecule has 1 aliphatic rings. The first kappa shape index (κ1) is 18.6. The van der Waals surface area contributed by atoms with Gasteiger partial charge in [-0.05, 0) is 41.4 Å². The number of aryl methyl sites for hydroxylation is 1. The molecule has 138 valence electrons.